The van der Waals surface area contributed by atoms with E-state index in [9.17, 15) is 4.79 Å². The number of hydrogen-bond acceptors (Lipinski definition) is 1. The van der Waals surface area contributed by atoms with Crippen molar-refractivity contribution in [2.75, 3.05) is 7.05 Å². The van der Waals surface area contributed by atoms with Gasteiger partial charge in [0.05, 0.1) is 6.04 Å². The summed E-state index contributed by atoms with van der Waals surface area (Å²) in [7, 11) is 1.78. The minimum absolute atomic E-state index is 0.0442. The lowest BCUT2D eigenvalue weighted by Gasteiger charge is -2.25. The molecule has 0 N–H and O–H groups in total. The fourth-order valence-electron chi connectivity index (χ4n) is 1.51. The summed E-state index contributed by atoms with van der Waals surface area (Å²) in [6, 6.07) is 5.29. The zero-order valence-electron chi connectivity index (χ0n) is 9.63. The number of amides is 1. The van der Waals surface area contributed by atoms with Crippen molar-refractivity contribution in [1.29, 1.82) is 0 Å². The van der Waals surface area contributed by atoms with Gasteiger partial charge in [0.25, 0.3) is 0 Å². The van der Waals surface area contributed by atoms with Crippen molar-refractivity contribution in [2.45, 2.75) is 26.3 Å². The van der Waals surface area contributed by atoms with Gasteiger partial charge in [-0.2, -0.15) is 0 Å². The molecule has 0 saturated carbocycles. The Kier molecular flexibility index (Phi) is 4.63. The van der Waals surface area contributed by atoms with Gasteiger partial charge in [-0.25, -0.2) is 0 Å². The van der Waals surface area contributed by atoms with Crippen LogP contribution in [-0.2, 0) is 4.79 Å². The van der Waals surface area contributed by atoms with Crippen LogP contribution in [0.25, 0.3) is 0 Å². The number of benzene rings is 1. The number of nitrogens with zero attached hydrogens (tertiary/aromatic N) is 1. The summed E-state index contributed by atoms with van der Waals surface area (Å²) in [5.41, 5.74) is 0.912. The molecule has 4 heteroatoms. The van der Waals surface area contributed by atoms with E-state index >= 15 is 0 Å². The van der Waals surface area contributed by atoms with E-state index in [1.165, 1.54) is 0 Å². The number of halogens is 2. The molecule has 0 aromatic heterocycles. The lowest BCUT2D eigenvalue weighted by molar-refractivity contribution is -0.131. The highest BCUT2D eigenvalue weighted by atomic mass is 35.5. The first kappa shape index (κ1) is 13.3. The lowest BCUT2D eigenvalue weighted by Crippen LogP contribution is -2.28. The molecule has 0 aliphatic carbocycles. The number of rotatable bonds is 3. The monoisotopic (exact) mass is 259 g/mol. The maximum atomic E-state index is 11.6. The van der Waals surface area contributed by atoms with Crippen LogP contribution in [0.15, 0.2) is 18.2 Å². The van der Waals surface area contributed by atoms with Crippen LogP contribution in [0, 0.1) is 0 Å². The van der Waals surface area contributed by atoms with Crippen LogP contribution in [0.5, 0.6) is 0 Å². The summed E-state index contributed by atoms with van der Waals surface area (Å²) in [6.45, 7) is 3.79. The molecule has 1 atom stereocenters. The van der Waals surface area contributed by atoms with E-state index in [-0.39, 0.29) is 11.9 Å². The largest absolute Gasteiger partial charge is 0.339 e. The highest BCUT2D eigenvalue weighted by Gasteiger charge is 2.18. The molecule has 0 spiro atoms. The van der Waals surface area contributed by atoms with E-state index in [2.05, 4.69) is 0 Å². The minimum atomic E-state index is -0.0442. The second-order valence-electron chi connectivity index (χ2n) is 3.70. The standard InChI is InChI=1S/C12H15Cl2NO/c1-4-12(16)15(3)8(2)10-6-5-9(13)7-11(10)14/h5-8H,4H2,1-3H3. The van der Waals surface area contributed by atoms with Crippen LogP contribution in [0.2, 0.25) is 10.0 Å². The number of carbonyl (C=O) groups is 1. The van der Waals surface area contributed by atoms with E-state index < -0.39 is 0 Å². The van der Waals surface area contributed by atoms with Crippen molar-refractivity contribution in [3.05, 3.63) is 33.8 Å². The van der Waals surface area contributed by atoms with E-state index in [1.807, 2.05) is 19.9 Å². The van der Waals surface area contributed by atoms with Crippen molar-refractivity contribution in [2.24, 2.45) is 0 Å². The number of carbonyl (C=O) groups excluding carboxylic acids is 1. The normalized spacial score (nSPS) is 12.3. The molecule has 0 aliphatic heterocycles. The van der Waals surface area contributed by atoms with Gasteiger partial charge in [-0.15, -0.1) is 0 Å². The van der Waals surface area contributed by atoms with Crippen molar-refractivity contribution >= 4 is 29.1 Å². The second kappa shape index (κ2) is 5.55. The summed E-state index contributed by atoms with van der Waals surface area (Å²) in [4.78, 5) is 13.3. The van der Waals surface area contributed by atoms with Gasteiger partial charge in [0, 0.05) is 23.5 Å². The van der Waals surface area contributed by atoms with Crippen LogP contribution in [0.4, 0.5) is 0 Å². The molecule has 1 aromatic rings. The average Bonchev–Trinajstić information content (AvgIpc) is 2.26. The molecule has 1 amide bonds. The Morgan fingerprint density at radius 3 is 2.56 bits per heavy atom. The van der Waals surface area contributed by atoms with Gasteiger partial charge in [0.15, 0.2) is 0 Å². The molecular weight excluding hydrogens is 245 g/mol. The van der Waals surface area contributed by atoms with E-state index in [0.29, 0.717) is 16.5 Å². The van der Waals surface area contributed by atoms with Gasteiger partial charge in [0.2, 0.25) is 5.91 Å². The van der Waals surface area contributed by atoms with Gasteiger partial charge in [-0.3, -0.25) is 4.79 Å². The van der Waals surface area contributed by atoms with Gasteiger partial charge >= 0.3 is 0 Å². The summed E-state index contributed by atoms with van der Waals surface area (Å²) in [5, 5.41) is 1.20. The van der Waals surface area contributed by atoms with Gasteiger partial charge in [-0.1, -0.05) is 36.2 Å². The van der Waals surface area contributed by atoms with Crippen molar-refractivity contribution in [3.8, 4) is 0 Å². The quantitative estimate of drug-likeness (QED) is 0.806. The average molecular weight is 260 g/mol. The third-order valence-corrected chi connectivity index (χ3v) is 3.25. The molecule has 1 rings (SSSR count). The lowest BCUT2D eigenvalue weighted by atomic mass is 10.1. The van der Waals surface area contributed by atoms with Gasteiger partial charge in [-0.05, 0) is 24.6 Å². The van der Waals surface area contributed by atoms with E-state index in [0.717, 1.165) is 5.56 Å². The van der Waals surface area contributed by atoms with Crippen LogP contribution in [-0.4, -0.2) is 17.9 Å². The first-order valence-electron chi connectivity index (χ1n) is 5.18. The highest BCUT2D eigenvalue weighted by Crippen LogP contribution is 2.29. The third-order valence-electron chi connectivity index (χ3n) is 2.69. The Morgan fingerprint density at radius 1 is 1.44 bits per heavy atom. The highest BCUT2D eigenvalue weighted by molar-refractivity contribution is 6.35. The summed E-state index contributed by atoms with van der Waals surface area (Å²) >= 11 is 11.9. The smallest absolute Gasteiger partial charge is 0.222 e. The zero-order valence-corrected chi connectivity index (χ0v) is 11.1. The molecule has 2 nitrogen and oxygen atoms in total. The first-order chi connectivity index (χ1) is 7.47. The van der Waals surface area contributed by atoms with E-state index in [1.54, 1.807) is 24.1 Å². The second-order valence-corrected chi connectivity index (χ2v) is 4.54. The Bertz CT molecular complexity index is 393. The van der Waals surface area contributed by atoms with Gasteiger partial charge in [0.1, 0.15) is 0 Å². The minimum Gasteiger partial charge on any atom is -0.339 e. The van der Waals surface area contributed by atoms with Crippen LogP contribution < -0.4 is 0 Å². The molecule has 0 heterocycles. The van der Waals surface area contributed by atoms with Crippen molar-refractivity contribution < 1.29 is 4.79 Å². The summed E-state index contributed by atoms with van der Waals surface area (Å²) in [5.74, 6) is 0.0958. The van der Waals surface area contributed by atoms with Crippen LogP contribution in [0.1, 0.15) is 31.9 Å². The molecule has 0 aliphatic rings. The van der Waals surface area contributed by atoms with E-state index in [4.69, 9.17) is 23.2 Å². The van der Waals surface area contributed by atoms with Crippen LogP contribution in [0.3, 0.4) is 0 Å². The molecular formula is C12H15Cl2NO. The first-order valence-corrected chi connectivity index (χ1v) is 5.93. The molecule has 16 heavy (non-hydrogen) atoms. The summed E-state index contributed by atoms with van der Waals surface area (Å²) in [6.07, 6.45) is 0.492. The maximum Gasteiger partial charge on any atom is 0.222 e. The molecule has 88 valence electrons. The Hall–Kier alpha value is -0.730. The van der Waals surface area contributed by atoms with Crippen molar-refractivity contribution in [3.63, 3.8) is 0 Å². The molecule has 1 aromatic carbocycles. The predicted octanol–water partition coefficient (Wildman–Crippen LogP) is 3.92. The maximum absolute atomic E-state index is 11.6. The zero-order chi connectivity index (χ0) is 12.3. The van der Waals surface area contributed by atoms with Gasteiger partial charge < -0.3 is 4.90 Å². The van der Waals surface area contributed by atoms with Crippen molar-refractivity contribution in [1.82, 2.24) is 4.90 Å². The Balaban J connectivity index is 2.96. The Labute approximate surface area is 106 Å². The topological polar surface area (TPSA) is 20.3 Å². The molecule has 0 radical (unpaired) electrons. The fraction of sp³-hybridized carbons (Fsp3) is 0.417. The van der Waals surface area contributed by atoms with Crippen LogP contribution >= 0.6 is 23.2 Å². The summed E-state index contributed by atoms with van der Waals surface area (Å²) < 4.78 is 0. The third kappa shape index (κ3) is 2.89. The SMILES string of the molecule is CCC(=O)N(C)C(C)c1ccc(Cl)cc1Cl. The fourth-order valence-corrected chi connectivity index (χ4v) is 2.08. The Morgan fingerprint density at radius 2 is 2.06 bits per heavy atom. The number of hydrogen-bond donors (Lipinski definition) is 0. The molecule has 0 saturated heterocycles. The predicted molar refractivity (Wildman–Crippen MR) is 67.9 cm³/mol. The molecule has 0 bridgehead atoms. The molecule has 1 unspecified atom stereocenters. The molecule has 0 fully saturated rings.